The molecule has 0 aromatic carbocycles. The number of nitrogens with two attached hydrogens (primary N) is 1. The third-order valence-corrected chi connectivity index (χ3v) is 2.22. The quantitative estimate of drug-likeness (QED) is 0.680. The molecule has 0 fully saturated rings. The number of carbonyl (C=O) groups excluding carboxylic acids is 1. The molecular weight excluding hydrogens is 234 g/mol. The number of amides is 1. The van der Waals surface area contributed by atoms with Gasteiger partial charge in [0, 0.05) is 7.05 Å². The topological polar surface area (TPSA) is 93.2 Å². The molecule has 0 unspecified atom stereocenters. The molecule has 0 spiro atoms. The number of nitrogens with zero attached hydrogens (tertiary/aromatic N) is 2. The van der Waals surface area contributed by atoms with E-state index in [-0.39, 0.29) is 11.4 Å². The average molecular weight is 248 g/mol. The van der Waals surface area contributed by atoms with Gasteiger partial charge in [0.2, 0.25) is 0 Å². The molecule has 1 aromatic heterocycles. The van der Waals surface area contributed by atoms with E-state index in [9.17, 15) is 13.6 Å². The number of alkyl halides is 2. The van der Waals surface area contributed by atoms with Crippen molar-refractivity contribution in [3.8, 4) is 0 Å². The number of hydrogen-bond acceptors (Lipinski definition) is 4. The van der Waals surface area contributed by atoms with Crippen molar-refractivity contribution in [2.24, 2.45) is 7.05 Å². The summed E-state index contributed by atoms with van der Waals surface area (Å²) < 4.78 is 26.7. The Morgan fingerprint density at radius 2 is 2.24 bits per heavy atom. The summed E-state index contributed by atoms with van der Waals surface area (Å²) in [6.07, 6.45) is 0. The number of aliphatic hydroxyl groups excluding tert-OH is 1. The number of nitrogens with one attached hydrogen (secondary N) is 1. The van der Waals surface area contributed by atoms with Gasteiger partial charge in [0.15, 0.2) is 0 Å². The van der Waals surface area contributed by atoms with Crippen molar-refractivity contribution in [3.05, 3.63) is 11.4 Å². The van der Waals surface area contributed by atoms with Crippen LogP contribution in [-0.4, -0.2) is 39.9 Å². The van der Waals surface area contributed by atoms with Gasteiger partial charge in [0.1, 0.15) is 12.3 Å². The zero-order valence-electron chi connectivity index (χ0n) is 9.50. The van der Waals surface area contributed by atoms with Crippen LogP contribution in [0.25, 0.3) is 0 Å². The van der Waals surface area contributed by atoms with Crippen LogP contribution in [0.3, 0.4) is 0 Å². The number of aryl methyl sites for hydroxylation is 2. The second-order valence-electron chi connectivity index (χ2n) is 3.67. The van der Waals surface area contributed by atoms with Gasteiger partial charge in [-0.15, -0.1) is 0 Å². The Bertz CT molecular complexity index is 431. The van der Waals surface area contributed by atoms with Gasteiger partial charge in [0.25, 0.3) is 11.8 Å². The monoisotopic (exact) mass is 248 g/mol. The van der Waals surface area contributed by atoms with Gasteiger partial charge in [-0.2, -0.15) is 5.10 Å². The van der Waals surface area contributed by atoms with Crippen molar-refractivity contribution in [3.63, 3.8) is 0 Å². The fourth-order valence-electron chi connectivity index (χ4n) is 1.29. The maximum Gasteiger partial charge on any atom is 0.287 e. The molecule has 1 amide bonds. The number of carbonyl (C=O) groups is 1. The van der Waals surface area contributed by atoms with E-state index in [1.165, 1.54) is 11.7 Å². The molecule has 6 nitrogen and oxygen atoms in total. The standard InChI is InChI=1S/C9H14F2N4O2/c1-5-6(12)7(15(2)14-5)8(17)13-3-9(10,11)4-16/h16H,3-4,12H2,1-2H3,(H,13,17). The molecule has 0 radical (unpaired) electrons. The summed E-state index contributed by atoms with van der Waals surface area (Å²) in [4.78, 5) is 11.6. The molecule has 0 aliphatic rings. The summed E-state index contributed by atoms with van der Waals surface area (Å²) in [5.41, 5.74) is 6.22. The summed E-state index contributed by atoms with van der Waals surface area (Å²) in [7, 11) is 1.49. The molecule has 0 bridgehead atoms. The van der Waals surface area contributed by atoms with Crippen molar-refractivity contribution in [2.75, 3.05) is 18.9 Å². The van der Waals surface area contributed by atoms with Gasteiger partial charge in [-0.3, -0.25) is 9.48 Å². The minimum Gasteiger partial charge on any atom is -0.395 e. The second-order valence-corrected chi connectivity index (χ2v) is 3.67. The highest BCUT2D eigenvalue weighted by atomic mass is 19.3. The maximum atomic E-state index is 12.7. The maximum absolute atomic E-state index is 12.7. The van der Waals surface area contributed by atoms with Gasteiger partial charge in [-0.1, -0.05) is 0 Å². The molecule has 0 aliphatic carbocycles. The third-order valence-electron chi connectivity index (χ3n) is 2.22. The van der Waals surface area contributed by atoms with Crippen molar-refractivity contribution < 1.29 is 18.7 Å². The number of nitrogen functional groups attached to an aromatic ring is 1. The van der Waals surface area contributed by atoms with Crippen molar-refractivity contribution in [1.29, 1.82) is 0 Å². The largest absolute Gasteiger partial charge is 0.395 e. The zero-order valence-corrected chi connectivity index (χ0v) is 9.50. The Morgan fingerprint density at radius 3 is 2.65 bits per heavy atom. The lowest BCUT2D eigenvalue weighted by Gasteiger charge is -2.14. The van der Waals surface area contributed by atoms with Gasteiger partial charge in [-0.25, -0.2) is 8.78 Å². The summed E-state index contributed by atoms with van der Waals surface area (Å²) in [5, 5.41) is 14.2. The van der Waals surface area contributed by atoms with Crippen LogP contribution in [0.2, 0.25) is 0 Å². The Hall–Kier alpha value is -1.70. The Morgan fingerprint density at radius 1 is 1.65 bits per heavy atom. The van der Waals surface area contributed by atoms with Crippen molar-refractivity contribution >= 4 is 11.6 Å². The van der Waals surface area contributed by atoms with Gasteiger partial charge < -0.3 is 16.2 Å². The molecular formula is C9H14F2N4O2. The Balaban J connectivity index is 2.78. The first kappa shape index (κ1) is 13.4. The molecule has 0 atom stereocenters. The Labute approximate surface area is 96.4 Å². The normalized spacial score (nSPS) is 11.6. The number of aliphatic hydroxyl groups is 1. The summed E-state index contributed by atoms with van der Waals surface area (Å²) in [6, 6.07) is 0. The fourth-order valence-corrected chi connectivity index (χ4v) is 1.29. The van der Waals surface area contributed by atoms with Crippen LogP contribution in [0, 0.1) is 6.92 Å². The first-order valence-corrected chi connectivity index (χ1v) is 4.84. The minimum absolute atomic E-state index is 0.0243. The molecule has 1 rings (SSSR count). The SMILES string of the molecule is Cc1nn(C)c(C(=O)NCC(F)(F)CO)c1N. The fraction of sp³-hybridized carbons (Fsp3) is 0.556. The van der Waals surface area contributed by atoms with E-state index >= 15 is 0 Å². The van der Waals surface area contributed by atoms with Crippen LogP contribution in [0.1, 0.15) is 16.2 Å². The van der Waals surface area contributed by atoms with E-state index in [4.69, 9.17) is 10.8 Å². The molecule has 0 saturated heterocycles. The van der Waals surface area contributed by atoms with E-state index < -0.39 is 25.0 Å². The first-order valence-electron chi connectivity index (χ1n) is 4.84. The minimum atomic E-state index is -3.35. The van der Waals surface area contributed by atoms with E-state index in [0.29, 0.717) is 5.69 Å². The number of aromatic nitrogens is 2. The molecule has 1 heterocycles. The number of rotatable bonds is 4. The number of halogens is 2. The van der Waals surface area contributed by atoms with Crippen molar-refractivity contribution in [1.82, 2.24) is 15.1 Å². The average Bonchev–Trinajstić information content (AvgIpc) is 2.50. The second kappa shape index (κ2) is 4.66. The molecule has 0 aliphatic heterocycles. The highest BCUT2D eigenvalue weighted by molar-refractivity contribution is 5.97. The predicted molar refractivity (Wildman–Crippen MR) is 56.7 cm³/mol. The molecule has 0 saturated carbocycles. The van der Waals surface area contributed by atoms with Crippen LogP contribution in [-0.2, 0) is 7.05 Å². The first-order chi connectivity index (χ1) is 7.78. The third kappa shape index (κ3) is 2.90. The lowest BCUT2D eigenvalue weighted by molar-refractivity contribution is -0.0462. The highest BCUT2D eigenvalue weighted by Crippen LogP contribution is 2.16. The van der Waals surface area contributed by atoms with Crippen molar-refractivity contribution in [2.45, 2.75) is 12.8 Å². The van der Waals surface area contributed by atoms with Gasteiger partial charge >= 0.3 is 0 Å². The number of anilines is 1. The Kier molecular flexibility index (Phi) is 3.66. The summed E-state index contributed by atoms with van der Waals surface area (Å²) in [5.74, 6) is -4.10. The van der Waals surface area contributed by atoms with E-state index in [1.54, 1.807) is 6.92 Å². The predicted octanol–water partition coefficient (Wildman–Crippen LogP) is -0.332. The van der Waals surface area contributed by atoms with Crippen LogP contribution < -0.4 is 11.1 Å². The smallest absolute Gasteiger partial charge is 0.287 e. The van der Waals surface area contributed by atoms with Crippen LogP contribution in [0.5, 0.6) is 0 Å². The van der Waals surface area contributed by atoms with E-state index in [1.807, 2.05) is 5.32 Å². The van der Waals surface area contributed by atoms with Gasteiger partial charge in [0.05, 0.1) is 17.9 Å². The number of hydrogen-bond donors (Lipinski definition) is 3. The molecule has 1 aromatic rings. The summed E-state index contributed by atoms with van der Waals surface area (Å²) >= 11 is 0. The molecule has 96 valence electrons. The van der Waals surface area contributed by atoms with E-state index in [2.05, 4.69) is 5.10 Å². The highest BCUT2D eigenvalue weighted by Gasteiger charge is 2.29. The van der Waals surface area contributed by atoms with Crippen LogP contribution in [0.15, 0.2) is 0 Å². The van der Waals surface area contributed by atoms with E-state index in [0.717, 1.165) is 0 Å². The van der Waals surface area contributed by atoms with Gasteiger partial charge in [-0.05, 0) is 6.92 Å². The van der Waals surface area contributed by atoms with Crippen LogP contribution >= 0.6 is 0 Å². The molecule has 4 N–H and O–H groups in total. The lowest BCUT2D eigenvalue weighted by Crippen LogP contribution is -2.39. The summed E-state index contributed by atoms with van der Waals surface area (Å²) in [6.45, 7) is -0.673. The molecule has 8 heteroatoms. The lowest BCUT2D eigenvalue weighted by atomic mass is 10.2. The zero-order chi connectivity index (χ0) is 13.2. The van der Waals surface area contributed by atoms with Crippen LogP contribution in [0.4, 0.5) is 14.5 Å². The molecule has 17 heavy (non-hydrogen) atoms.